The summed E-state index contributed by atoms with van der Waals surface area (Å²) in [6.45, 7) is 0. The highest BCUT2D eigenvalue weighted by atomic mass is 16.5. The van der Waals surface area contributed by atoms with E-state index in [9.17, 15) is 0 Å². The molecule has 0 atom stereocenters. The van der Waals surface area contributed by atoms with Crippen molar-refractivity contribution in [3.8, 4) is 11.5 Å². The third-order valence-electron chi connectivity index (χ3n) is 2.43. The van der Waals surface area contributed by atoms with E-state index in [0.29, 0.717) is 22.9 Å². The average molecular weight is 284 g/mol. The number of rotatable bonds is 4. The van der Waals surface area contributed by atoms with Crippen LogP contribution in [-0.4, -0.2) is 11.9 Å². The van der Waals surface area contributed by atoms with E-state index in [0.717, 1.165) is 0 Å². The van der Waals surface area contributed by atoms with Crippen molar-refractivity contribution in [2.75, 3.05) is 0 Å². The number of guanidine groups is 2. The van der Waals surface area contributed by atoms with Crippen molar-refractivity contribution in [1.82, 2.24) is 0 Å². The van der Waals surface area contributed by atoms with Gasteiger partial charge in [-0.05, 0) is 48.5 Å². The first-order chi connectivity index (χ1) is 10.0. The maximum Gasteiger partial charge on any atom is 0.191 e. The van der Waals surface area contributed by atoms with E-state index in [4.69, 9.17) is 27.7 Å². The van der Waals surface area contributed by atoms with Gasteiger partial charge in [0.05, 0.1) is 11.4 Å². The molecule has 7 nitrogen and oxygen atoms in total. The number of ether oxygens (including phenoxy) is 1. The summed E-state index contributed by atoms with van der Waals surface area (Å²) >= 11 is 0. The molecule has 0 fully saturated rings. The fourth-order valence-corrected chi connectivity index (χ4v) is 1.61. The van der Waals surface area contributed by atoms with E-state index in [1.807, 2.05) is 0 Å². The summed E-state index contributed by atoms with van der Waals surface area (Å²) in [6.07, 6.45) is 0. The van der Waals surface area contributed by atoms with Gasteiger partial charge in [-0.15, -0.1) is 0 Å². The van der Waals surface area contributed by atoms with Crippen molar-refractivity contribution < 1.29 is 4.74 Å². The molecule has 0 aliphatic carbocycles. The normalized spacial score (nSPS) is 9.71. The van der Waals surface area contributed by atoms with Crippen LogP contribution in [0.15, 0.2) is 58.5 Å². The summed E-state index contributed by atoms with van der Waals surface area (Å²) in [5.74, 6) is 1.36. The van der Waals surface area contributed by atoms with Crippen LogP contribution >= 0.6 is 0 Å². The van der Waals surface area contributed by atoms with Crippen LogP contribution < -0.4 is 27.7 Å². The molecule has 21 heavy (non-hydrogen) atoms. The second-order valence-electron chi connectivity index (χ2n) is 4.16. The first-order valence-electron chi connectivity index (χ1n) is 6.10. The van der Waals surface area contributed by atoms with Crippen LogP contribution in [0, 0.1) is 0 Å². The molecule has 2 rings (SSSR count). The number of nitrogens with zero attached hydrogens (tertiary/aromatic N) is 2. The number of hydrogen-bond acceptors (Lipinski definition) is 3. The van der Waals surface area contributed by atoms with Gasteiger partial charge in [0, 0.05) is 0 Å². The number of aliphatic imine (C=N–C) groups is 2. The molecule has 0 aliphatic heterocycles. The van der Waals surface area contributed by atoms with Crippen LogP contribution in [0.3, 0.4) is 0 Å². The lowest BCUT2D eigenvalue weighted by atomic mass is 10.3. The molecule has 0 aliphatic rings. The van der Waals surface area contributed by atoms with Crippen molar-refractivity contribution in [2.45, 2.75) is 0 Å². The fourth-order valence-electron chi connectivity index (χ4n) is 1.61. The monoisotopic (exact) mass is 284 g/mol. The third-order valence-corrected chi connectivity index (χ3v) is 2.43. The van der Waals surface area contributed by atoms with Gasteiger partial charge >= 0.3 is 0 Å². The summed E-state index contributed by atoms with van der Waals surface area (Å²) in [7, 11) is 0. The molecule has 0 heterocycles. The Morgan fingerprint density at radius 1 is 0.619 bits per heavy atom. The van der Waals surface area contributed by atoms with Gasteiger partial charge in [0.2, 0.25) is 0 Å². The zero-order chi connectivity index (χ0) is 15.2. The molecule has 0 unspecified atom stereocenters. The minimum Gasteiger partial charge on any atom is -0.457 e. The van der Waals surface area contributed by atoms with Gasteiger partial charge < -0.3 is 27.7 Å². The lowest BCUT2D eigenvalue weighted by molar-refractivity contribution is 0.483. The first kappa shape index (κ1) is 14.2. The summed E-state index contributed by atoms with van der Waals surface area (Å²) < 4.78 is 5.68. The highest BCUT2D eigenvalue weighted by Gasteiger charge is 1.99. The lowest BCUT2D eigenvalue weighted by Gasteiger charge is -2.06. The summed E-state index contributed by atoms with van der Waals surface area (Å²) in [5, 5.41) is 0. The van der Waals surface area contributed by atoms with E-state index in [1.54, 1.807) is 48.5 Å². The maximum atomic E-state index is 5.68. The van der Waals surface area contributed by atoms with Crippen LogP contribution in [0.1, 0.15) is 0 Å². The van der Waals surface area contributed by atoms with E-state index >= 15 is 0 Å². The molecule has 0 amide bonds. The van der Waals surface area contributed by atoms with Gasteiger partial charge in [-0.1, -0.05) is 0 Å². The maximum absolute atomic E-state index is 5.68. The van der Waals surface area contributed by atoms with Gasteiger partial charge in [0.1, 0.15) is 11.5 Å². The Morgan fingerprint density at radius 2 is 0.952 bits per heavy atom. The predicted molar refractivity (Wildman–Crippen MR) is 83.9 cm³/mol. The molecule has 2 aromatic rings. The summed E-state index contributed by atoms with van der Waals surface area (Å²) in [6, 6.07) is 14.1. The zero-order valence-corrected chi connectivity index (χ0v) is 11.2. The predicted octanol–water partition coefficient (Wildman–Crippen LogP) is 1.29. The van der Waals surface area contributed by atoms with Crippen LogP contribution in [0.4, 0.5) is 11.4 Å². The lowest BCUT2D eigenvalue weighted by Crippen LogP contribution is -2.21. The van der Waals surface area contributed by atoms with Crippen LogP contribution in [-0.2, 0) is 0 Å². The molecule has 0 radical (unpaired) electrons. The zero-order valence-electron chi connectivity index (χ0n) is 11.2. The first-order valence-corrected chi connectivity index (χ1v) is 6.10. The SMILES string of the molecule is NC(N)=Nc1ccc(Oc2ccc(N=C(N)N)cc2)cc1. The molecule has 108 valence electrons. The van der Waals surface area contributed by atoms with Crippen LogP contribution in [0.25, 0.3) is 0 Å². The number of benzene rings is 2. The molecule has 8 N–H and O–H groups in total. The van der Waals surface area contributed by atoms with E-state index in [1.165, 1.54) is 0 Å². The van der Waals surface area contributed by atoms with Gasteiger partial charge in [-0.2, -0.15) is 0 Å². The standard InChI is InChI=1S/C14H16N6O/c15-13(16)19-9-1-5-11(6-2-9)21-12-7-3-10(4-8-12)20-14(17)18/h1-8H,(H4,15,16,19)(H4,17,18,20). The quantitative estimate of drug-likeness (QED) is 0.495. The highest BCUT2D eigenvalue weighted by molar-refractivity contribution is 5.79. The van der Waals surface area contributed by atoms with E-state index in [2.05, 4.69) is 9.98 Å². The van der Waals surface area contributed by atoms with E-state index < -0.39 is 0 Å². The second-order valence-corrected chi connectivity index (χ2v) is 4.16. The molecule has 2 aromatic carbocycles. The smallest absolute Gasteiger partial charge is 0.191 e. The molecular weight excluding hydrogens is 268 g/mol. The Bertz CT molecular complexity index is 593. The molecule has 0 saturated carbocycles. The Morgan fingerprint density at radius 3 is 1.24 bits per heavy atom. The summed E-state index contributed by atoms with van der Waals surface area (Å²) in [4.78, 5) is 7.85. The molecule has 0 aromatic heterocycles. The minimum atomic E-state index is 0.0130. The van der Waals surface area contributed by atoms with Gasteiger partial charge in [-0.3, -0.25) is 0 Å². The van der Waals surface area contributed by atoms with Crippen LogP contribution in [0.5, 0.6) is 11.5 Å². The largest absolute Gasteiger partial charge is 0.457 e. The molecule has 0 spiro atoms. The molecule has 0 bridgehead atoms. The molecule has 7 heteroatoms. The van der Waals surface area contributed by atoms with E-state index in [-0.39, 0.29) is 11.9 Å². The van der Waals surface area contributed by atoms with Crippen molar-refractivity contribution in [3.63, 3.8) is 0 Å². The Hall–Kier alpha value is -3.22. The second kappa shape index (κ2) is 6.29. The van der Waals surface area contributed by atoms with Crippen molar-refractivity contribution in [3.05, 3.63) is 48.5 Å². The summed E-state index contributed by atoms with van der Waals surface area (Å²) in [5.41, 5.74) is 22.5. The minimum absolute atomic E-state index is 0.0130. The molecule has 0 saturated heterocycles. The Balaban J connectivity index is 2.08. The van der Waals surface area contributed by atoms with Gasteiger partial charge in [0.15, 0.2) is 11.9 Å². The van der Waals surface area contributed by atoms with Crippen LogP contribution in [0.2, 0.25) is 0 Å². The topological polar surface area (TPSA) is 138 Å². The third kappa shape index (κ3) is 4.43. The van der Waals surface area contributed by atoms with Crippen molar-refractivity contribution in [2.24, 2.45) is 32.9 Å². The van der Waals surface area contributed by atoms with Crippen molar-refractivity contribution in [1.29, 1.82) is 0 Å². The van der Waals surface area contributed by atoms with Gasteiger partial charge in [0.25, 0.3) is 0 Å². The fraction of sp³-hybridized carbons (Fsp3) is 0. The Kier molecular flexibility index (Phi) is 4.25. The molecular formula is C14H16N6O. The van der Waals surface area contributed by atoms with Gasteiger partial charge in [-0.25, -0.2) is 9.98 Å². The number of nitrogens with two attached hydrogens (primary N) is 4. The number of hydrogen-bond donors (Lipinski definition) is 4. The average Bonchev–Trinajstić information content (AvgIpc) is 2.42. The highest BCUT2D eigenvalue weighted by Crippen LogP contribution is 2.25. The Labute approximate surface area is 121 Å². The van der Waals surface area contributed by atoms with Crippen molar-refractivity contribution >= 4 is 23.3 Å².